The van der Waals surface area contributed by atoms with Gasteiger partial charge in [0.15, 0.2) is 0 Å². The molecule has 0 atom stereocenters. The van der Waals surface area contributed by atoms with Gasteiger partial charge in [0.2, 0.25) is 0 Å². The summed E-state index contributed by atoms with van der Waals surface area (Å²) in [5, 5.41) is 0. The fourth-order valence-corrected chi connectivity index (χ4v) is 1.51. The van der Waals surface area contributed by atoms with E-state index in [9.17, 15) is 4.79 Å². The van der Waals surface area contributed by atoms with Crippen molar-refractivity contribution in [1.29, 1.82) is 0 Å². The third-order valence-electron chi connectivity index (χ3n) is 2.39. The maximum Gasteiger partial charge on any atom is 0.130 e. The standard InChI is InChI=1S/C14H18O/c1-11-8-9-14(12(2)10-11)7-5-4-6-13(3)15/h5,7-10H,4,6H2,1-3H3/b7-5+. The highest BCUT2D eigenvalue weighted by Gasteiger charge is 1.94. The smallest absolute Gasteiger partial charge is 0.130 e. The van der Waals surface area contributed by atoms with Crippen LogP contribution in [0.15, 0.2) is 24.3 Å². The van der Waals surface area contributed by atoms with Gasteiger partial charge in [-0.05, 0) is 38.3 Å². The number of benzene rings is 1. The van der Waals surface area contributed by atoms with E-state index >= 15 is 0 Å². The Morgan fingerprint density at radius 2 is 2.07 bits per heavy atom. The van der Waals surface area contributed by atoms with Crippen molar-refractivity contribution in [3.63, 3.8) is 0 Å². The zero-order valence-electron chi connectivity index (χ0n) is 9.71. The number of carbonyl (C=O) groups excluding carboxylic acids is 1. The number of carbonyl (C=O) groups is 1. The fraction of sp³-hybridized carbons (Fsp3) is 0.357. The van der Waals surface area contributed by atoms with Crippen LogP contribution < -0.4 is 0 Å². The van der Waals surface area contributed by atoms with Crippen molar-refractivity contribution in [2.24, 2.45) is 0 Å². The average Bonchev–Trinajstić information content (AvgIpc) is 2.14. The van der Waals surface area contributed by atoms with E-state index in [-0.39, 0.29) is 5.78 Å². The summed E-state index contributed by atoms with van der Waals surface area (Å²) in [6.45, 7) is 5.83. The Morgan fingerprint density at radius 3 is 2.67 bits per heavy atom. The van der Waals surface area contributed by atoms with Gasteiger partial charge in [0.05, 0.1) is 0 Å². The van der Waals surface area contributed by atoms with Gasteiger partial charge in [-0.25, -0.2) is 0 Å². The van der Waals surface area contributed by atoms with Crippen LogP contribution in [0.25, 0.3) is 6.08 Å². The molecule has 0 bridgehead atoms. The van der Waals surface area contributed by atoms with Crippen LogP contribution in [0.3, 0.4) is 0 Å². The Kier molecular flexibility index (Phi) is 4.29. The molecule has 0 saturated carbocycles. The molecule has 1 nitrogen and oxygen atoms in total. The van der Waals surface area contributed by atoms with E-state index < -0.39 is 0 Å². The molecule has 0 aliphatic carbocycles. The van der Waals surface area contributed by atoms with E-state index in [2.05, 4.69) is 44.2 Å². The number of ketones is 1. The van der Waals surface area contributed by atoms with Gasteiger partial charge in [0, 0.05) is 6.42 Å². The zero-order valence-corrected chi connectivity index (χ0v) is 9.71. The summed E-state index contributed by atoms with van der Waals surface area (Å²) in [5.41, 5.74) is 3.81. The summed E-state index contributed by atoms with van der Waals surface area (Å²) in [7, 11) is 0. The summed E-state index contributed by atoms with van der Waals surface area (Å²) in [6.07, 6.45) is 5.64. The van der Waals surface area contributed by atoms with E-state index in [0.29, 0.717) is 6.42 Å². The maximum atomic E-state index is 10.7. The predicted octanol–water partition coefficient (Wildman–Crippen LogP) is 3.69. The highest BCUT2D eigenvalue weighted by molar-refractivity contribution is 5.75. The summed E-state index contributed by atoms with van der Waals surface area (Å²) >= 11 is 0. The van der Waals surface area contributed by atoms with E-state index in [1.165, 1.54) is 16.7 Å². The summed E-state index contributed by atoms with van der Waals surface area (Å²) < 4.78 is 0. The molecule has 0 aliphatic heterocycles. The first-order chi connectivity index (χ1) is 7.09. The molecular weight excluding hydrogens is 184 g/mol. The average molecular weight is 202 g/mol. The Labute approximate surface area is 91.8 Å². The van der Waals surface area contributed by atoms with Gasteiger partial charge < -0.3 is 4.79 Å². The van der Waals surface area contributed by atoms with Gasteiger partial charge in [0.25, 0.3) is 0 Å². The SMILES string of the molecule is CC(=O)CC/C=C/c1ccc(C)cc1C. The molecule has 0 saturated heterocycles. The lowest BCUT2D eigenvalue weighted by atomic mass is 10.0. The lowest BCUT2D eigenvalue weighted by Gasteiger charge is -2.01. The number of aryl methyl sites for hydroxylation is 2. The fourth-order valence-electron chi connectivity index (χ4n) is 1.51. The number of Topliss-reactive ketones (excluding diaryl/α,β-unsaturated/α-hetero) is 1. The molecule has 1 aromatic rings. The van der Waals surface area contributed by atoms with Gasteiger partial charge >= 0.3 is 0 Å². The monoisotopic (exact) mass is 202 g/mol. The van der Waals surface area contributed by atoms with Crippen molar-refractivity contribution in [2.75, 3.05) is 0 Å². The first kappa shape index (κ1) is 11.7. The lowest BCUT2D eigenvalue weighted by Crippen LogP contribution is -1.86. The molecule has 15 heavy (non-hydrogen) atoms. The predicted molar refractivity (Wildman–Crippen MR) is 64.9 cm³/mol. The number of hydrogen-bond acceptors (Lipinski definition) is 1. The first-order valence-electron chi connectivity index (χ1n) is 5.33. The minimum atomic E-state index is 0.250. The quantitative estimate of drug-likeness (QED) is 0.727. The second-order valence-corrected chi connectivity index (χ2v) is 4.00. The van der Waals surface area contributed by atoms with Crippen LogP contribution in [0.5, 0.6) is 0 Å². The molecule has 0 heterocycles. The first-order valence-corrected chi connectivity index (χ1v) is 5.33. The summed E-state index contributed by atoms with van der Waals surface area (Å²) in [4.78, 5) is 10.7. The molecule has 80 valence electrons. The number of hydrogen-bond donors (Lipinski definition) is 0. The van der Waals surface area contributed by atoms with Crippen LogP contribution in [-0.2, 0) is 4.79 Å². The number of allylic oxidation sites excluding steroid dienone is 1. The van der Waals surface area contributed by atoms with Gasteiger partial charge in [-0.1, -0.05) is 35.9 Å². The van der Waals surface area contributed by atoms with Crippen molar-refractivity contribution in [2.45, 2.75) is 33.6 Å². The number of rotatable bonds is 4. The van der Waals surface area contributed by atoms with Crippen LogP contribution in [0.2, 0.25) is 0 Å². The molecule has 0 N–H and O–H groups in total. The van der Waals surface area contributed by atoms with E-state index in [0.717, 1.165) is 6.42 Å². The Hall–Kier alpha value is -1.37. The van der Waals surface area contributed by atoms with Crippen LogP contribution in [0.1, 0.15) is 36.5 Å². The molecule has 0 radical (unpaired) electrons. The van der Waals surface area contributed by atoms with Crippen LogP contribution >= 0.6 is 0 Å². The molecule has 0 aromatic heterocycles. The third-order valence-corrected chi connectivity index (χ3v) is 2.39. The lowest BCUT2D eigenvalue weighted by molar-refractivity contribution is -0.116. The minimum Gasteiger partial charge on any atom is -0.300 e. The van der Waals surface area contributed by atoms with Crippen molar-refractivity contribution >= 4 is 11.9 Å². The Bertz CT molecular complexity index is 375. The van der Waals surface area contributed by atoms with E-state index in [1.807, 2.05) is 0 Å². The largest absolute Gasteiger partial charge is 0.300 e. The minimum absolute atomic E-state index is 0.250. The molecule has 0 spiro atoms. The van der Waals surface area contributed by atoms with Crippen molar-refractivity contribution in [3.8, 4) is 0 Å². The van der Waals surface area contributed by atoms with Crippen LogP contribution in [-0.4, -0.2) is 5.78 Å². The Balaban J connectivity index is 2.60. The normalized spacial score (nSPS) is 10.9. The van der Waals surface area contributed by atoms with Gasteiger partial charge in [-0.2, -0.15) is 0 Å². The van der Waals surface area contributed by atoms with Crippen LogP contribution in [0, 0.1) is 13.8 Å². The topological polar surface area (TPSA) is 17.1 Å². The summed E-state index contributed by atoms with van der Waals surface area (Å²) in [5.74, 6) is 0.250. The molecule has 0 aliphatic rings. The van der Waals surface area contributed by atoms with Gasteiger partial charge in [-0.3, -0.25) is 0 Å². The highest BCUT2D eigenvalue weighted by atomic mass is 16.1. The van der Waals surface area contributed by atoms with Crippen molar-refractivity contribution in [3.05, 3.63) is 41.0 Å². The van der Waals surface area contributed by atoms with E-state index in [1.54, 1.807) is 6.92 Å². The second-order valence-electron chi connectivity index (χ2n) is 4.00. The van der Waals surface area contributed by atoms with Crippen molar-refractivity contribution in [1.82, 2.24) is 0 Å². The summed E-state index contributed by atoms with van der Waals surface area (Å²) in [6, 6.07) is 6.40. The van der Waals surface area contributed by atoms with E-state index in [4.69, 9.17) is 0 Å². The molecule has 0 amide bonds. The second kappa shape index (κ2) is 5.50. The Morgan fingerprint density at radius 1 is 1.33 bits per heavy atom. The molecule has 1 rings (SSSR count). The van der Waals surface area contributed by atoms with Gasteiger partial charge in [0.1, 0.15) is 5.78 Å². The molecule has 0 fully saturated rings. The molecule has 1 aromatic carbocycles. The zero-order chi connectivity index (χ0) is 11.3. The third kappa shape index (κ3) is 4.11. The maximum absolute atomic E-state index is 10.7. The molecule has 0 unspecified atom stereocenters. The van der Waals surface area contributed by atoms with Crippen LogP contribution in [0.4, 0.5) is 0 Å². The van der Waals surface area contributed by atoms with Gasteiger partial charge in [-0.15, -0.1) is 0 Å². The van der Waals surface area contributed by atoms with Crippen molar-refractivity contribution < 1.29 is 4.79 Å². The molecular formula is C14H18O. The highest BCUT2D eigenvalue weighted by Crippen LogP contribution is 2.12. The molecule has 1 heteroatoms.